The Hall–Kier alpha value is -0.0400. The van der Waals surface area contributed by atoms with Crippen molar-refractivity contribution in [1.82, 2.24) is 4.31 Å². The lowest BCUT2D eigenvalue weighted by molar-refractivity contribution is 0.458. The summed E-state index contributed by atoms with van der Waals surface area (Å²) in [7, 11) is -3.23. The van der Waals surface area contributed by atoms with Gasteiger partial charge >= 0.3 is 0 Å². The van der Waals surface area contributed by atoms with Crippen LogP contribution in [0.15, 0.2) is 12.7 Å². The molecular formula is C8H14NO3S2. The zero-order valence-corrected chi connectivity index (χ0v) is 9.52. The van der Waals surface area contributed by atoms with Gasteiger partial charge < -0.3 is 4.55 Å². The highest BCUT2D eigenvalue weighted by Crippen LogP contribution is 2.09. The van der Waals surface area contributed by atoms with E-state index in [1.807, 2.05) is 0 Å². The van der Waals surface area contributed by atoms with Gasteiger partial charge in [-0.05, 0) is 0 Å². The number of rotatable bonds is 3. The third-order valence-corrected chi connectivity index (χ3v) is 4.95. The zero-order valence-electron chi connectivity index (χ0n) is 7.89. The van der Waals surface area contributed by atoms with Crippen molar-refractivity contribution in [2.24, 2.45) is 0 Å². The van der Waals surface area contributed by atoms with Crippen molar-refractivity contribution in [2.45, 2.75) is 0 Å². The molecule has 1 unspecified atom stereocenters. The van der Waals surface area contributed by atoms with Crippen LogP contribution in [0.1, 0.15) is 0 Å². The van der Waals surface area contributed by atoms with E-state index in [4.69, 9.17) is 0 Å². The summed E-state index contributed by atoms with van der Waals surface area (Å²) in [6.07, 6.45) is 3.13. The molecule has 1 atom stereocenters. The van der Waals surface area contributed by atoms with E-state index in [0.717, 1.165) is 0 Å². The van der Waals surface area contributed by atoms with Gasteiger partial charge in [0, 0.05) is 13.0 Å². The molecule has 0 bridgehead atoms. The number of hydrogen-bond acceptors (Lipinski definition) is 3. The lowest BCUT2D eigenvalue weighted by Gasteiger charge is -2.17. The first-order valence-corrected chi connectivity index (χ1v) is 7.41. The maximum absolute atomic E-state index is 11.6. The van der Waals surface area contributed by atoms with E-state index in [0.29, 0.717) is 24.6 Å². The van der Waals surface area contributed by atoms with E-state index in [1.54, 1.807) is 6.42 Å². The average molecular weight is 236 g/mol. The Balaban J connectivity index is 2.63. The summed E-state index contributed by atoms with van der Waals surface area (Å²) >= 11 is -0.904. The lowest BCUT2D eigenvalue weighted by Crippen LogP contribution is -2.35. The fourth-order valence-corrected chi connectivity index (χ4v) is 3.50. The van der Waals surface area contributed by atoms with Gasteiger partial charge in [-0.2, -0.15) is 4.31 Å². The van der Waals surface area contributed by atoms with Crippen molar-refractivity contribution < 1.29 is 13.0 Å². The molecule has 0 aliphatic carbocycles. The van der Waals surface area contributed by atoms with Crippen molar-refractivity contribution in [2.75, 3.05) is 30.3 Å². The monoisotopic (exact) mass is 236 g/mol. The largest absolute Gasteiger partial charge is 0.616 e. The van der Waals surface area contributed by atoms with E-state index in [1.165, 1.54) is 10.4 Å². The Morgan fingerprint density at radius 3 is 3.00 bits per heavy atom. The summed E-state index contributed by atoms with van der Waals surface area (Å²) in [6.45, 7) is 4.11. The maximum atomic E-state index is 11.6. The van der Waals surface area contributed by atoms with Crippen molar-refractivity contribution in [3.8, 4) is 0 Å². The molecule has 1 aliphatic rings. The third-order valence-electron chi connectivity index (χ3n) is 1.93. The molecule has 4 nitrogen and oxygen atoms in total. The maximum Gasteiger partial charge on any atom is 0.217 e. The fraction of sp³-hybridized carbons (Fsp3) is 0.625. The van der Waals surface area contributed by atoms with Crippen LogP contribution in [0.2, 0.25) is 0 Å². The van der Waals surface area contributed by atoms with Gasteiger partial charge in [0.05, 0.1) is 12.3 Å². The SMILES string of the molecule is C=CCS(=O)(=O)N1C[CH]C[S+]([O-])CC1. The minimum Gasteiger partial charge on any atom is -0.616 e. The Morgan fingerprint density at radius 1 is 1.64 bits per heavy atom. The normalized spacial score (nSPS) is 25.6. The first-order valence-electron chi connectivity index (χ1n) is 4.31. The summed E-state index contributed by atoms with van der Waals surface area (Å²) in [5.74, 6) is 0.862. The van der Waals surface area contributed by atoms with Crippen LogP contribution in [0.4, 0.5) is 0 Å². The third kappa shape index (κ3) is 3.27. The van der Waals surface area contributed by atoms with Gasteiger partial charge in [0.2, 0.25) is 10.0 Å². The Labute approximate surface area is 88.2 Å². The molecule has 14 heavy (non-hydrogen) atoms. The van der Waals surface area contributed by atoms with E-state index in [-0.39, 0.29) is 5.75 Å². The lowest BCUT2D eigenvalue weighted by atomic mass is 10.5. The van der Waals surface area contributed by atoms with Gasteiger partial charge in [0.25, 0.3) is 0 Å². The summed E-state index contributed by atoms with van der Waals surface area (Å²) < 4.78 is 35.7. The predicted molar refractivity (Wildman–Crippen MR) is 57.7 cm³/mol. The Bertz CT molecular complexity index is 289. The highest BCUT2D eigenvalue weighted by molar-refractivity contribution is 7.91. The van der Waals surface area contributed by atoms with Gasteiger partial charge in [0.15, 0.2) is 0 Å². The minimum absolute atomic E-state index is 0.0481. The molecule has 0 spiro atoms. The minimum atomic E-state index is -3.23. The van der Waals surface area contributed by atoms with Crippen LogP contribution in [-0.2, 0) is 21.2 Å². The van der Waals surface area contributed by atoms with Crippen molar-refractivity contribution in [3.63, 3.8) is 0 Å². The molecular weight excluding hydrogens is 222 g/mol. The smallest absolute Gasteiger partial charge is 0.217 e. The van der Waals surface area contributed by atoms with Gasteiger partial charge in [-0.15, -0.1) is 6.58 Å². The van der Waals surface area contributed by atoms with E-state index < -0.39 is 21.2 Å². The van der Waals surface area contributed by atoms with Crippen LogP contribution in [0.25, 0.3) is 0 Å². The number of nitrogens with zero attached hydrogens (tertiary/aromatic N) is 1. The second-order valence-electron chi connectivity index (χ2n) is 3.02. The van der Waals surface area contributed by atoms with Crippen LogP contribution in [-0.4, -0.2) is 47.6 Å². The molecule has 0 aromatic rings. The second kappa shape index (κ2) is 5.16. The standard InChI is InChI=1S/C8H14NO3S2/c1-2-8-14(11,12)9-4-3-6-13(10)7-5-9/h2-3H,1,4-8H2. The molecule has 1 radical (unpaired) electrons. The second-order valence-corrected chi connectivity index (χ2v) is 6.66. The van der Waals surface area contributed by atoms with E-state index in [9.17, 15) is 13.0 Å². The molecule has 0 amide bonds. The summed E-state index contributed by atoms with van der Waals surface area (Å²) in [4.78, 5) is 0. The predicted octanol–water partition coefficient (Wildman–Crippen LogP) is -0.229. The Morgan fingerprint density at radius 2 is 2.36 bits per heavy atom. The van der Waals surface area contributed by atoms with Crippen molar-refractivity contribution >= 4 is 21.2 Å². The van der Waals surface area contributed by atoms with E-state index >= 15 is 0 Å². The molecule has 1 rings (SSSR count). The molecule has 0 saturated carbocycles. The summed E-state index contributed by atoms with van der Waals surface area (Å²) in [5.41, 5.74) is 0. The highest BCUT2D eigenvalue weighted by Gasteiger charge is 2.25. The first kappa shape index (κ1) is 12.0. The van der Waals surface area contributed by atoms with Crippen molar-refractivity contribution in [3.05, 3.63) is 19.1 Å². The van der Waals surface area contributed by atoms with Gasteiger partial charge in [-0.3, -0.25) is 0 Å². The van der Waals surface area contributed by atoms with Gasteiger partial charge in [-0.1, -0.05) is 17.3 Å². The number of hydrogen-bond donors (Lipinski definition) is 0. The topological polar surface area (TPSA) is 60.4 Å². The van der Waals surface area contributed by atoms with Crippen LogP contribution >= 0.6 is 0 Å². The molecule has 0 N–H and O–H groups in total. The summed E-state index contributed by atoms with van der Waals surface area (Å²) in [6, 6.07) is 0. The van der Waals surface area contributed by atoms with Crippen LogP contribution in [0, 0.1) is 6.42 Å². The number of sulfonamides is 1. The van der Waals surface area contributed by atoms with Crippen LogP contribution in [0.3, 0.4) is 0 Å². The molecule has 6 heteroatoms. The fourth-order valence-electron chi connectivity index (χ4n) is 1.21. The van der Waals surface area contributed by atoms with Crippen LogP contribution in [0.5, 0.6) is 0 Å². The highest BCUT2D eigenvalue weighted by atomic mass is 32.2. The molecule has 1 fully saturated rings. The van der Waals surface area contributed by atoms with Crippen molar-refractivity contribution in [1.29, 1.82) is 0 Å². The molecule has 0 aromatic carbocycles. The molecule has 1 aliphatic heterocycles. The molecule has 81 valence electrons. The Kier molecular flexibility index (Phi) is 4.43. The first-order chi connectivity index (χ1) is 6.56. The van der Waals surface area contributed by atoms with E-state index in [2.05, 4.69) is 6.58 Å². The quantitative estimate of drug-likeness (QED) is 0.502. The van der Waals surface area contributed by atoms with Crippen LogP contribution < -0.4 is 0 Å². The van der Waals surface area contributed by atoms with Gasteiger partial charge in [0.1, 0.15) is 11.5 Å². The zero-order chi connectivity index (χ0) is 10.6. The summed E-state index contributed by atoms with van der Waals surface area (Å²) in [5, 5.41) is 0. The molecule has 0 aromatic heterocycles. The molecule has 1 heterocycles. The molecule has 1 saturated heterocycles. The van der Waals surface area contributed by atoms with Gasteiger partial charge in [-0.25, -0.2) is 8.42 Å². The average Bonchev–Trinajstić information content (AvgIpc) is 2.30.